The summed E-state index contributed by atoms with van der Waals surface area (Å²) in [5.74, 6) is -0.709. The molecule has 1 heterocycles. The Labute approximate surface area is 123 Å². The van der Waals surface area contributed by atoms with E-state index in [-0.39, 0.29) is 30.1 Å². The maximum Gasteiger partial charge on any atom is 0.229 e. The average molecular weight is 289 g/mol. The number of benzene rings is 1. The summed E-state index contributed by atoms with van der Waals surface area (Å²) in [5.41, 5.74) is 2.19. The number of rotatable bonds is 4. The first-order valence-electron chi connectivity index (χ1n) is 6.97. The topological polar surface area (TPSA) is 87.3 Å². The van der Waals surface area contributed by atoms with E-state index in [2.05, 4.69) is 16.0 Å². The van der Waals surface area contributed by atoms with Crippen LogP contribution in [-0.2, 0) is 14.4 Å². The summed E-state index contributed by atoms with van der Waals surface area (Å²) < 4.78 is 0. The molecule has 1 aromatic carbocycles. The van der Waals surface area contributed by atoms with Crippen LogP contribution in [0.25, 0.3) is 0 Å². The van der Waals surface area contributed by atoms with E-state index in [0.29, 0.717) is 24.3 Å². The molecule has 0 saturated carbocycles. The quantitative estimate of drug-likeness (QED) is 0.783. The maximum absolute atomic E-state index is 12.1. The zero-order valence-corrected chi connectivity index (χ0v) is 12.2. The van der Waals surface area contributed by atoms with Gasteiger partial charge in [0.15, 0.2) is 0 Å². The number of carbonyl (C=O) groups excluding carboxylic acids is 3. The third kappa shape index (κ3) is 3.81. The second-order valence-corrected chi connectivity index (χ2v) is 5.13. The van der Waals surface area contributed by atoms with Gasteiger partial charge in [-0.15, -0.1) is 0 Å². The predicted molar refractivity (Wildman–Crippen MR) is 79.8 cm³/mol. The van der Waals surface area contributed by atoms with Crippen molar-refractivity contribution < 1.29 is 14.4 Å². The predicted octanol–water partition coefficient (Wildman–Crippen LogP) is 1.42. The van der Waals surface area contributed by atoms with Crippen molar-refractivity contribution in [1.82, 2.24) is 5.32 Å². The minimum Gasteiger partial charge on any atom is -0.355 e. The molecule has 1 aromatic rings. The fraction of sp³-hybridized carbons (Fsp3) is 0.400. The van der Waals surface area contributed by atoms with Gasteiger partial charge in [-0.3, -0.25) is 14.4 Å². The molecule has 1 unspecified atom stereocenters. The van der Waals surface area contributed by atoms with Crippen molar-refractivity contribution in [3.8, 4) is 0 Å². The number of hydrogen-bond donors (Lipinski definition) is 3. The van der Waals surface area contributed by atoms with E-state index in [1.54, 1.807) is 19.1 Å². The maximum atomic E-state index is 12.1. The van der Waals surface area contributed by atoms with Crippen LogP contribution in [-0.4, -0.2) is 24.3 Å². The van der Waals surface area contributed by atoms with Gasteiger partial charge >= 0.3 is 0 Å². The molecule has 1 saturated heterocycles. The molecule has 21 heavy (non-hydrogen) atoms. The Balaban J connectivity index is 2.08. The van der Waals surface area contributed by atoms with Crippen LogP contribution in [0.2, 0.25) is 0 Å². The molecule has 1 aliphatic heterocycles. The number of anilines is 2. The number of hydrogen-bond acceptors (Lipinski definition) is 3. The molecule has 3 N–H and O–H groups in total. The average Bonchev–Trinajstić information content (AvgIpc) is 2.89. The van der Waals surface area contributed by atoms with Crippen LogP contribution in [0.3, 0.4) is 0 Å². The van der Waals surface area contributed by atoms with Crippen LogP contribution in [0, 0.1) is 12.8 Å². The van der Waals surface area contributed by atoms with Crippen LogP contribution in [0.4, 0.5) is 11.4 Å². The molecule has 0 radical (unpaired) electrons. The number of carbonyl (C=O) groups is 3. The Morgan fingerprint density at radius 1 is 1.33 bits per heavy atom. The molecule has 6 nitrogen and oxygen atoms in total. The molecular weight excluding hydrogens is 270 g/mol. The first kappa shape index (κ1) is 15.0. The van der Waals surface area contributed by atoms with Crippen LogP contribution in [0.15, 0.2) is 18.2 Å². The first-order valence-corrected chi connectivity index (χ1v) is 6.97. The third-order valence-corrected chi connectivity index (χ3v) is 3.45. The first-order chi connectivity index (χ1) is 9.99. The minimum atomic E-state index is -0.342. The monoisotopic (exact) mass is 289 g/mol. The molecule has 6 heteroatoms. The zero-order valence-electron chi connectivity index (χ0n) is 12.2. The van der Waals surface area contributed by atoms with Crippen molar-refractivity contribution in [3.63, 3.8) is 0 Å². The second kappa shape index (κ2) is 6.39. The van der Waals surface area contributed by atoms with Gasteiger partial charge in [-0.1, -0.05) is 13.0 Å². The molecule has 3 amide bonds. The summed E-state index contributed by atoms with van der Waals surface area (Å²) in [6.45, 7) is 4.02. The summed E-state index contributed by atoms with van der Waals surface area (Å²) in [6.07, 6.45) is 0.614. The van der Waals surface area contributed by atoms with E-state index in [4.69, 9.17) is 0 Å². The molecule has 2 rings (SSSR count). The van der Waals surface area contributed by atoms with Crippen LogP contribution >= 0.6 is 0 Å². The van der Waals surface area contributed by atoms with Crippen molar-refractivity contribution in [1.29, 1.82) is 0 Å². The summed E-state index contributed by atoms with van der Waals surface area (Å²) in [6, 6.07) is 5.35. The zero-order chi connectivity index (χ0) is 15.4. The summed E-state index contributed by atoms with van der Waals surface area (Å²) in [4.78, 5) is 34.7. The fourth-order valence-electron chi connectivity index (χ4n) is 2.11. The Bertz CT molecular complexity index is 584. The highest BCUT2D eigenvalue weighted by Crippen LogP contribution is 2.22. The van der Waals surface area contributed by atoms with Crippen LogP contribution in [0.5, 0.6) is 0 Å². The van der Waals surface area contributed by atoms with Crippen molar-refractivity contribution in [3.05, 3.63) is 23.8 Å². The van der Waals surface area contributed by atoms with Crippen LogP contribution in [0.1, 0.15) is 25.3 Å². The molecule has 0 aliphatic carbocycles. The number of aryl methyl sites for hydroxylation is 1. The van der Waals surface area contributed by atoms with E-state index in [1.807, 2.05) is 13.0 Å². The standard InChI is InChI=1S/C15H19N3O3/c1-3-13(19)17-11-5-4-9(2)12(7-11)18-15(21)10-6-14(20)16-8-10/h4-5,7,10H,3,6,8H2,1-2H3,(H,16,20)(H,17,19)(H,18,21). The lowest BCUT2D eigenvalue weighted by Crippen LogP contribution is -2.25. The van der Waals surface area contributed by atoms with E-state index in [9.17, 15) is 14.4 Å². The SMILES string of the molecule is CCC(=O)Nc1ccc(C)c(NC(=O)C2CNC(=O)C2)c1. The second-order valence-electron chi connectivity index (χ2n) is 5.13. The largest absolute Gasteiger partial charge is 0.355 e. The van der Waals surface area contributed by atoms with Crippen LogP contribution < -0.4 is 16.0 Å². The van der Waals surface area contributed by atoms with Crippen molar-refractivity contribution in [2.45, 2.75) is 26.7 Å². The van der Waals surface area contributed by atoms with Gasteiger partial charge in [0, 0.05) is 30.8 Å². The molecule has 0 bridgehead atoms. The molecule has 0 aromatic heterocycles. The van der Waals surface area contributed by atoms with Gasteiger partial charge in [-0.05, 0) is 24.6 Å². The van der Waals surface area contributed by atoms with E-state index < -0.39 is 0 Å². The van der Waals surface area contributed by atoms with Gasteiger partial charge in [0.05, 0.1) is 5.92 Å². The Morgan fingerprint density at radius 2 is 2.10 bits per heavy atom. The third-order valence-electron chi connectivity index (χ3n) is 3.45. The van der Waals surface area contributed by atoms with Gasteiger partial charge < -0.3 is 16.0 Å². The highest BCUT2D eigenvalue weighted by atomic mass is 16.2. The van der Waals surface area contributed by atoms with E-state index >= 15 is 0 Å². The van der Waals surface area contributed by atoms with Crippen molar-refractivity contribution in [2.75, 3.05) is 17.2 Å². The highest BCUT2D eigenvalue weighted by Gasteiger charge is 2.28. The Morgan fingerprint density at radius 3 is 2.71 bits per heavy atom. The van der Waals surface area contributed by atoms with E-state index in [0.717, 1.165) is 5.56 Å². The molecule has 0 spiro atoms. The molecular formula is C15H19N3O3. The summed E-state index contributed by atoms with van der Waals surface area (Å²) >= 11 is 0. The summed E-state index contributed by atoms with van der Waals surface area (Å²) in [5, 5.41) is 8.21. The lowest BCUT2D eigenvalue weighted by atomic mass is 10.1. The van der Waals surface area contributed by atoms with Gasteiger partial charge in [0.25, 0.3) is 0 Å². The fourth-order valence-corrected chi connectivity index (χ4v) is 2.11. The highest BCUT2D eigenvalue weighted by molar-refractivity contribution is 5.98. The van der Waals surface area contributed by atoms with Crippen molar-refractivity contribution in [2.24, 2.45) is 5.92 Å². The van der Waals surface area contributed by atoms with Gasteiger partial charge in [-0.2, -0.15) is 0 Å². The van der Waals surface area contributed by atoms with Gasteiger partial charge in [0.2, 0.25) is 17.7 Å². The normalized spacial score (nSPS) is 17.2. The van der Waals surface area contributed by atoms with Crippen molar-refractivity contribution >= 4 is 29.1 Å². The summed E-state index contributed by atoms with van der Waals surface area (Å²) in [7, 11) is 0. The molecule has 1 fully saturated rings. The number of amides is 3. The van der Waals surface area contributed by atoms with Gasteiger partial charge in [-0.25, -0.2) is 0 Å². The number of nitrogens with one attached hydrogen (secondary N) is 3. The Hall–Kier alpha value is -2.37. The lowest BCUT2D eigenvalue weighted by molar-refractivity contribution is -0.123. The van der Waals surface area contributed by atoms with Gasteiger partial charge in [0.1, 0.15) is 0 Å². The molecule has 1 atom stereocenters. The minimum absolute atomic E-state index is 0.0817. The van der Waals surface area contributed by atoms with E-state index in [1.165, 1.54) is 0 Å². The molecule has 1 aliphatic rings. The smallest absolute Gasteiger partial charge is 0.229 e. The molecule has 112 valence electrons. The Kier molecular flexibility index (Phi) is 4.57. The lowest BCUT2D eigenvalue weighted by Gasteiger charge is -2.13.